The molecule has 0 amide bonds. The van der Waals surface area contributed by atoms with Gasteiger partial charge in [0.05, 0.1) is 22.4 Å². The van der Waals surface area contributed by atoms with E-state index in [1.165, 1.54) is 4.70 Å². The van der Waals surface area contributed by atoms with Crippen LogP contribution in [0, 0.1) is 0 Å². The molecule has 1 atom stereocenters. The average molecular weight is 342 g/mol. The number of hydrogen-bond donors (Lipinski definition) is 2. The van der Waals surface area contributed by atoms with E-state index in [4.69, 9.17) is 4.74 Å². The van der Waals surface area contributed by atoms with Gasteiger partial charge in [-0.25, -0.2) is 0 Å². The summed E-state index contributed by atoms with van der Waals surface area (Å²) in [5, 5.41) is 15.7. The molecule has 0 saturated heterocycles. The molecular weight excluding hydrogens is 320 g/mol. The molecule has 126 valence electrons. The summed E-state index contributed by atoms with van der Waals surface area (Å²) in [6.07, 6.45) is 1.43. The highest BCUT2D eigenvalue weighted by Gasteiger charge is 2.09. The summed E-state index contributed by atoms with van der Waals surface area (Å²) in [6, 6.07) is 11.8. The number of fused-ring (bicyclic) bond motifs is 1. The van der Waals surface area contributed by atoms with E-state index in [2.05, 4.69) is 16.4 Å². The first-order chi connectivity index (χ1) is 11.6. The molecule has 0 aliphatic rings. The number of pyridine rings is 1. The van der Waals surface area contributed by atoms with Gasteiger partial charge in [0.15, 0.2) is 0 Å². The zero-order valence-corrected chi connectivity index (χ0v) is 14.7. The Balaban J connectivity index is 1.56. The lowest BCUT2D eigenvalue weighted by atomic mass is 10.1. The third kappa shape index (κ3) is 4.32. The van der Waals surface area contributed by atoms with Gasteiger partial charge in [-0.05, 0) is 54.6 Å². The Labute approximate surface area is 146 Å². The Morgan fingerprint density at radius 1 is 1.25 bits per heavy atom. The second-order valence-corrected chi connectivity index (χ2v) is 6.98. The predicted molar refractivity (Wildman–Crippen MR) is 98.5 cm³/mol. The van der Waals surface area contributed by atoms with E-state index >= 15 is 0 Å². The van der Waals surface area contributed by atoms with Crippen LogP contribution >= 0.6 is 11.3 Å². The van der Waals surface area contributed by atoms with Gasteiger partial charge in [0.25, 0.3) is 0 Å². The summed E-state index contributed by atoms with van der Waals surface area (Å²) < 4.78 is 6.86. The summed E-state index contributed by atoms with van der Waals surface area (Å²) in [4.78, 5) is 4.43. The van der Waals surface area contributed by atoms with Gasteiger partial charge in [0.2, 0.25) is 0 Å². The zero-order valence-electron chi connectivity index (χ0n) is 13.9. The molecule has 2 N–H and O–H groups in total. The molecule has 2 heterocycles. The highest BCUT2D eigenvalue weighted by molar-refractivity contribution is 7.17. The fourth-order valence-corrected chi connectivity index (χ4v) is 3.33. The molecule has 2 aromatic heterocycles. The molecule has 24 heavy (non-hydrogen) atoms. The highest BCUT2D eigenvalue weighted by Crippen LogP contribution is 2.21. The van der Waals surface area contributed by atoms with E-state index < -0.39 is 6.10 Å². The van der Waals surface area contributed by atoms with Crippen molar-refractivity contribution in [1.82, 2.24) is 10.3 Å². The van der Waals surface area contributed by atoms with Crippen LogP contribution in [0.1, 0.15) is 31.1 Å². The van der Waals surface area contributed by atoms with Crippen LogP contribution in [-0.2, 0) is 6.54 Å². The molecule has 0 radical (unpaired) electrons. The SMILES string of the molecule is CC(C)Oc1cccc(C(O)CNCc2cnc3ccsc3c2)c1. The number of aliphatic hydroxyl groups is 1. The predicted octanol–water partition coefficient (Wildman–Crippen LogP) is 3.91. The average Bonchev–Trinajstić information content (AvgIpc) is 3.02. The van der Waals surface area contributed by atoms with Crippen molar-refractivity contribution < 1.29 is 9.84 Å². The molecule has 0 fully saturated rings. The van der Waals surface area contributed by atoms with Crippen molar-refractivity contribution in [2.75, 3.05) is 6.54 Å². The lowest BCUT2D eigenvalue weighted by Crippen LogP contribution is -2.21. The van der Waals surface area contributed by atoms with Crippen molar-refractivity contribution in [3.63, 3.8) is 0 Å². The second-order valence-electron chi connectivity index (χ2n) is 6.03. The molecule has 1 unspecified atom stereocenters. The van der Waals surface area contributed by atoms with Gasteiger partial charge in [-0.1, -0.05) is 12.1 Å². The van der Waals surface area contributed by atoms with Crippen LogP contribution in [0.3, 0.4) is 0 Å². The monoisotopic (exact) mass is 342 g/mol. The van der Waals surface area contributed by atoms with Crippen molar-refractivity contribution in [3.05, 3.63) is 59.1 Å². The molecule has 1 aromatic carbocycles. The fraction of sp³-hybridized carbons (Fsp3) is 0.316. The van der Waals surface area contributed by atoms with Crippen LogP contribution < -0.4 is 10.1 Å². The van der Waals surface area contributed by atoms with Gasteiger partial charge in [0, 0.05) is 19.3 Å². The molecule has 0 aliphatic carbocycles. The summed E-state index contributed by atoms with van der Waals surface area (Å²) >= 11 is 1.69. The van der Waals surface area contributed by atoms with E-state index in [0.717, 1.165) is 22.4 Å². The number of benzene rings is 1. The van der Waals surface area contributed by atoms with Gasteiger partial charge in [-0.15, -0.1) is 11.3 Å². The van der Waals surface area contributed by atoms with Gasteiger partial charge in [-0.3, -0.25) is 4.98 Å². The third-order valence-corrected chi connectivity index (χ3v) is 4.49. The molecule has 0 spiro atoms. The number of aliphatic hydroxyl groups excluding tert-OH is 1. The van der Waals surface area contributed by atoms with Gasteiger partial charge in [-0.2, -0.15) is 0 Å². The number of thiophene rings is 1. The maximum atomic E-state index is 10.4. The maximum Gasteiger partial charge on any atom is 0.120 e. The smallest absolute Gasteiger partial charge is 0.120 e. The van der Waals surface area contributed by atoms with Gasteiger partial charge < -0.3 is 15.2 Å². The van der Waals surface area contributed by atoms with Crippen LogP contribution in [0.25, 0.3) is 10.2 Å². The first-order valence-corrected chi connectivity index (χ1v) is 8.97. The Bertz CT molecular complexity index is 801. The summed E-state index contributed by atoms with van der Waals surface area (Å²) in [6.45, 7) is 5.14. The van der Waals surface area contributed by atoms with E-state index in [1.807, 2.05) is 55.8 Å². The molecule has 0 aliphatic heterocycles. The largest absolute Gasteiger partial charge is 0.491 e. The van der Waals surface area contributed by atoms with Crippen molar-refractivity contribution in [2.24, 2.45) is 0 Å². The minimum absolute atomic E-state index is 0.121. The number of nitrogens with one attached hydrogen (secondary N) is 1. The molecule has 4 nitrogen and oxygen atoms in total. The van der Waals surface area contributed by atoms with Crippen molar-refractivity contribution in [3.8, 4) is 5.75 Å². The number of hydrogen-bond acceptors (Lipinski definition) is 5. The first-order valence-electron chi connectivity index (χ1n) is 8.09. The molecular formula is C19H22N2O2S. The summed E-state index contributed by atoms with van der Waals surface area (Å²) in [5.74, 6) is 0.786. The Hall–Kier alpha value is -1.95. The minimum Gasteiger partial charge on any atom is -0.491 e. The standard InChI is InChI=1S/C19H22N2O2S/c1-13(2)23-16-5-3-4-15(9-16)18(22)12-20-10-14-8-19-17(21-11-14)6-7-24-19/h3-9,11,13,18,20,22H,10,12H2,1-2H3. The van der Waals surface area contributed by atoms with Crippen LogP contribution in [-0.4, -0.2) is 22.7 Å². The van der Waals surface area contributed by atoms with E-state index in [0.29, 0.717) is 13.1 Å². The van der Waals surface area contributed by atoms with Crippen molar-refractivity contribution >= 4 is 21.6 Å². The van der Waals surface area contributed by atoms with E-state index in [-0.39, 0.29) is 6.10 Å². The summed E-state index contributed by atoms with van der Waals surface area (Å²) in [5.41, 5.74) is 3.01. The zero-order chi connectivity index (χ0) is 16.9. The molecule has 0 bridgehead atoms. The number of rotatable bonds is 7. The molecule has 3 rings (SSSR count). The lowest BCUT2D eigenvalue weighted by Gasteiger charge is -2.15. The van der Waals surface area contributed by atoms with Crippen LogP contribution in [0.4, 0.5) is 0 Å². The minimum atomic E-state index is -0.570. The number of ether oxygens (including phenoxy) is 1. The Morgan fingerprint density at radius 3 is 2.96 bits per heavy atom. The van der Waals surface area contributed by atoms with Gasteiger partial charge >= 0.3 is 0 Å². The second kappa shape index (κ2) is 7.75. The normalized spacial score (nSPS) is 12.7. The Kier molecular flexibility index (Phi) is 5.45. The van der Waals surface area contributed by atoms with Crippen LogP contribution in [0.5, 0.6) is 5.75 Å². The van der Waals surface area contributed by atoms with Crippen LogP contribution in [0.2, 0.25) is 0 Å². The topological polar surface area (TPSA) is 54.4 Å². The first kappa shape index (κ1) is 16.9. The third-order valence-electron chi connectivity index (χ3n) is 3.64. The van der Waals surface area contributed by atoms with Crippen molar-refractivity contribution in [1.29, 1.82) is 0 Å². The molecule has 0 saturated carbocycles. The molecule has 5 heteroatoms. The number of aromatic nitrogens is 1. The summed E-state index contributed by atoms with van der Waals surface area (Å²) in [7, 11) is 0. The lowest BCUT2D eigenvalue weighted by molar-refractivity contribution is 0.173. The van der Waals surface area contributed by atoms with Crippen molar-refractivity contribution in [2.45, 2.75) is 32.6 Å². The maximum absolute atomic E-state index is 10.4. The quantitative estimate of drug-likeness (QED) is 0.683. The Morgan fingerprint density at radius 2 is 2.12 bits per heavy atom. The number of nitrogens with zero attached hydrogens (tertiary/aromatic N) is 1. The highest BCUT2D eigenvalue weighted by atomic mass is 32.1. The molecule has 3 aromatic rings. The van der Waals surface area contributed by atoms with Crippen LogP contribution in [0.15, 0.2) is 48.0 Å². The van der Waals surface area contributed by atoms with Gasteiger partial charge in [0.1, 0.15) is 5.75 Å². The van der Waals surface area contributed by atoms with E-state index in [1.54, 1.807) is 11.3 Å². The van der Waals surface area contributed by atoms with E-state index in [9.17, 15) is 5.11 Å². The fourth-order valence-electron chi connectivity index (χ4n) is 2.52.